The van der Waals surface area contributed by atoms with Crippen molar-refractivity contribution < 1.29 is 27.4 Å². The van der Waals surface area contributed by atoms with Crippen molar-refractivity contribution in [1.82, 2.24) is 4.98 Å². The Morgan fingerprint density at radius 3 is 2.37 bits per heavy atom. The number of aromatic nitrogens is 1. The summed E-state index contributed by atoms with van der Waals surface area (Å²) in [7, 11) is -2.16. The van der Waals surface area contributed by atoms with E-state index in [1.807, 2.05) is 0 Å². The number of hydrogen-bond donors (Lipinski definition) is 1. The van der Waals surface area contributed by atoms with Gasteiger partial charge in [0.05, 0.1) is 31.0 Å². The third-order valence-electron chi connectivity index (χ3n) is 10.6. The predicted octanol–water partition coefficient (Wildman–Crippen LogP) is 9.56. The SMILES string of the molecule is CC(C)c1cc(C2=CCOCC2)c2c(n1)CC1(CCC([C@@H](O)c3ccc(C(F)(F)F)cc3)C1)CC2O[Si](C)(C)C(C)(C)C. The van der Waals surface area contributed by atoms with Gasteiger partial charge in [0.15, 0.2) is 8.32 Å². The number of nitrogens with zero attached hydrogens (tertiary/aromatic N) is 1. The second kappa shape index (κ2) is 11.7. The molecule has 0 radical (unpaired) electrons. The van der Waals surface area contributed by atoms with Crippen LogP contribution in [0.25, 0.3) is 5.57 Å². The van der Waals surface area contributed by atoms with Gasteiger partial charge < -0.3 is 14.3 Å². The molecular weight excluding hydrogens is 567 g/mol. The topological polar surface area (TPSA) is 51.6 Å². The van der Waals surface area contributed by atoms with Gasteiger partial charge in [0.25, 0.3) is 0 Å². The zero-order chi connectivity index (χ0) is 31.4. The van der Waals surface area contributed by atoms with E-state index in [4.69, 9.17) is 14.1 Å². The van der Waals surface area contributed by atoms with E-state index in [0.717, 1.165) is 62.0 Å². The fourth-order valence-corrected chi connectivity index (χ4v) is 8.29. The van der Waals surface area contributed by atoms with E-state index in [2.05, 4.69) is 59.9 Å². The van der Waals surface area contributed by atoms with Crippen LogP contribution in [0.15, 0.2) is 36.4 Å². The molecule has 1 spiro atoms. The number of halogens is 3. The molecule has 1 aromatic carbocycles. The Morgan fingerprint density at radius 1 is 1.09 bits per heavy atom. The first-order valence-electron chi connectivity index (χ1n) is 15.8. The highest BCUT2D eigenvalue weighted by Crippen LogP contribution is 2.58. The fraction of sp³-hybridized carbons (Fsp3) is 0.629. The summed E-state index contributed by atoms with van der Waals surface area (Å²) in [5.41, 5.74) is 5.79. The first-order valence-corrected chi connectivity index (χ1v) is 18.7. The van der Waals surface area contributed by atoms with E-state index in [-0.39, 0.29) is 28.4 Å². The van der Waals surface area contributed by atoms with Gasteiger partial charge in [-0.25, -0.2) is 0 Å². The molecular formula is C35H48F3NO3Si. The maximum atomic E-state index is 13.1. The highest BCUT2D eigenvalue weighted by Gasteiger charge is 2.50. The van der Waals surface area contributed by atoms with Crippen LogP contribution in [0.1, 0.15) is 118 Å². The molecule has 1 fully saturated rings. The first kappa shape index (κ1) is 32.4. The standard InChI is InChI=1S/C35H48F3NO3Si/c1-22(2)28-18-27(23-13-16-41-17-14-23)31-29(39-28)20-34(21-30(31)42-43(6,7)33(3,4)5)15-12-25(19-34)32(40)24-8-10-26(11-9-24)35(36,37)38/h8-11,13,18,22,25,30,32,40H,12,14-17,19-21H2,1-7H3/t25?,30?,32-,34?/m0/s1. The molecule has 1 aromatic heterocycles. The van der Waals surface area contributed by atoms with Crippen LogP contribution < -0.4 is 0 Å². The number of alkyl halides is 3. The summed E-state index contributed by atoms with van der Waals surface area (Å²) in [6.45, 7) is 17.1. The van der Waals surface area contributed by atoms with Crippen molar-refractivity contribution in [2.24, 2.45) is 11.3 Å². The third kappa shape index (κ3) is 6.68. The molecule has 3 unspecified atom stereocenters. The summed E-state index contributed by atoms with van der Waals surface area (Å²) in [4.78, 5) is 5.30. The highest BCUT2D eigenvalue weighted by atomic mass is 28.4. The lowest BCUT2D eigenvalue weighted by Gasteiger charge is -2.46. The van der Waals surface area contributed by atoms with Crippen molar-refractivity contribution >= 4 is 13.9 Å². The Hall–Kier alpha value is -2.00. The number of aliphatic hydroxyl groups is 1. The molecule has 1 N–H and O–H groups in total. The predicted molar refractivity (Wildman–Crippen MR) is 167 cm³/mol. The first-order chi connectivity index (χ1) is 20.0. The summed E-state index contributed by atoms with van der Waals surface area (Å²) >= 11 is 0. The summed E-state index contributed by atoms with van der Waals surface area (Å²) < 4.78 is 52.4. The van der Waals surface area contributed by atoms with Crippen molar-refractivity contribution in [1.29, 1.82) is 0 Å². The Kier molecular flexibility index (Phi) is 8.84. The number of rotatable bonds is 6. The van der Waals surface area contributed by atoms with E-state index in [0.29, 0.717) is 18.8 Å². The third-order valence-corrected chi connectivity index (χ3v) is 15.0. The number of ether oxygens (including phenoxy) is 1. The lowest BCUT2D eigenvalue weighted by atomic mass is 9.68. The number of aliphatic hydroxyl groups excluding tert-OH is 1. The average molecular weight is 616 g/mol. The summed E-state index contributed by atoms with van der Waals surface area (Å²) in [6.07, 6.45) is 2.03. The average Bonchev–Trinajstić information content (AvgIpc) is 3.33. The van der Waals surface area contributed by atoms with Gasteiger partial charge in [0.1, 0.15) is 0 Å². The van der Waals surface area contributed by atoms with Gasteiger partial charge in [-0.1, -0.05) is 52.8 Å². The Labute approximate surface area is 256 Å². The molecule has 1 saturated carbocycles. The maximum Gasteiger partial charge on any atom is 0.416 e. The molecule has 236 valence electrons. The molecule has 0 amide bonds. The minimum absolute atomic E-state index is 0.0299. The molecule has 43 heavy (non-hydrogen) atoms. The minimum atomic E-state index is -4.39. The molecule has 2 aromatic rings. The second-order valence-corrected chi connectivity index (χ2v) is 19.7. The van der Waals surface area contributed by atoms with Crippen LogP contribution in [0, 0.1) is 11.3 Å². The molecule has 0 bridgehead atoms. The van der Waals surface area contributed by atoms with E-state index < -0.39 is 26.2 Å². The van der Waals surface area contributed by atoms with Crippen molar-refractivity contribution in [3.63, 3.8) is 0 Å². The van der Waals surface area contributed by atoms with Gasteiger partial charge in [0, 0.05) is 17.0 Å². The normalized spacial score (nSPS) is 25.6. The summed E-state index contributed by atoms with van der Waals surface area (Å²) in [5.74, 6) is 0.248. The van der Waals surface area contributed by atoms with Gasteiger partial charge in [-0.15, -0.1) is 0 Å². The zero-order valence-electron chi connectivity index (χ0n) is 26.8. The van der Waals surface area contributed by atoms with Crippen molar-refractivity contribution in [2.75, 3.05) is 13.2 Å². The molecule has 5 rings (SSSR count). The van der Waals surface area contributed by atoms with Crippen molar-refractivity contribution in [2.45, 2.75) is 116 Å². The van der Waals surface area contributed by atoms with Crippen LogP contribution >= 0.6 is 0 Å². The van der Waals surface area contributed by atoms with Gasteiger partial charge in [-0.05, 0) is 109 Å². The van der Waals surface area contributed by atoms with E-state index in [1.54, 1.807) is 0 Å². The molecule has 4 atom stereocenters. The summed E-state index contributed by atoms with van der Waals surface area (Å²) in [6, 6.07) is 7.30. The van der Waals surface area contributed by atoms with Gasteiger partial charge in [-0.3, -0.25) is 4.98 Å². The number of hydrogen-bond acceptors (Lipinski definition) is 4. The van der Waals surface area contributed by atoms with Gasteiger partial charge >= 0.3 is 6.18 Å². The largest absolute Gasteiger partial charge is 0.416 e. The fourth-order valence-electron chi connectivity index (χ4n) is 7.02. The van der Waals surface area contributed by atoms with Crippen LogP contribution in [-0.4, -0.2) is 31.6 Å². The number of pyridine rings is 1. The van der Waals surface area contributed by atoms with E-state index in [1.165, 1.54) is 28.8 Å². The van der Waals surface area contributed by atoms with Crippen molar-refractivity contribution in [3.05, 3.63) is 70.0 Å². The van der Waals surface area contributed by atoms with E-state index in [9.17, 15) is 18.3 Å². The Balaban J connectivity index is 1.52. The second-order valence-electron chi connectivity index (χ2n) is 15.0. The smallest absolute Gasteiger partial charge is 0.410 e. The molecule has 8 heteroatoms. The number of benzene rings is 1. The van der Waals surface area contributed by atoms with Crippen molar-refractivity contribution in [3.8, 4) is 0 Å². The molecule has 4 nitrogen and oxygen atoms in total. The minimum Gasteiger partial charge on any atom is -0.410 e. The maximum absolute atomic E-state index is 13.1. The number of fused-ring (bicyclic) bond motifs is 1. The zero-order valence-corrected chi connectivity index (χ0v) is 27.8. The Bertz CT molecular complexity index is 1350. The van der Waals surface area contributed by atoms with Crippen LogP contribution in [0.2, 0.25) is 18.1 Å². The van der Waals surface area contributed by atoms with Crippen LogP contribution in [0.3, 0.4) is 0 Å². The Morgan fingerprint density at radius 2 is 1.79 bits per heavy atom. The van der Waals surface area contributed by atoms with E-state index >= 15 is 0 Å². The molecule has 1 aliphatic heterocycles. The molecule has 3 aliphatic rings. The monoisotopic (exact) mass is 615 g/mol. The quantitative estimate of drug-likeness (QED) is 0.329. The summed E-state index contributed by atoms with van der Waals surface area (Å²) in [5, 5.41) is 11.4. The molecule has 2 aliphatic carbocycles. The van der Waals surface area contributed by atoms with Crippen LogP contribution in [-0.2, 0) is 21.8 Å². The van der Waals surface area contributed by atoms with Crippen LogP contribution in [0.5, 0.6) is 0 Å². The van der Waals surface area contributed by atoms with Gasteiger partial charge in [-0.2, -0.15) is 13.2 Å². The molecule has 0 saturated heterocycles. The van der Waals surface area contributed by atoms with Crippen LogP contribution in [0.4, 0.5) is 13.2 Å². The lowest BCUT2D eigenvalue weighted by Crippen LogP contribution is -2.44. The highest BCUT2D eigenvalue weighted by molar-refractivity contribution is 6.74. The molecule has 2 heterocycles. The van der Waals surface area contributed by atoms with Gasteiger partial charge in [0.2, 0.25) is 0 Å². The lowest BCUT2D eigenvalue weighted by molar-refractivity contribution is -0.137.